The second-order valence-corrected chi connectivity index (χ2v) is 3.46. The van der Waals surface area contributed by atoms with Crippen molar-refractivity contribution in [2.45, 2.75) is 26.7 Å². The molecule has 0 aliphatic carbocycles. The molecule has 0 spiro atoms. The summed E-state index contributed by atoms with van der Waals surface area (Å²) in [4.78, 5) is 4.42. The van der Waals surface area contributed by atoms with Gasteiger partial charge in [-0.05, 0) is 29.3 Å². The highest BCUT2D eigenvalue weighted by Gasteiger charge is 2.07. The van der Waals surface area contributed by atoms with E-state index < -0.39 is 0 Å². The number of rotatable bonds is 2. The Bertz CT molecular complexity index is 253. The first kappa shape index (κ1) is 8.78. The number of hydrogen-bond donors (Lipinski definition) is 0. The maximum Gasteiger partial charge on any atom is 0.108 e. The normalized spacial score (nSPS) is 10.5. The molecule has 0 aliphatic heterocycles. The minimum absolute atomic E-state index is 1.06. The van der Waals surface area contributed by atoms with E-state index >= 15 is 0 Å². The van der Waals surface area contributed by atoms with Gasteiger partial charge < -0.3 is 4.57 Å². The fourth-order valence-electron chi connectivity index (χ4n) is 1.05. The van der Waals surface area contributed by atoms with Gasteiger partial charge in [-0.15, -0.1) is 0 Å². The van der Waals surface area contributed by atoms with Crippen LogP contribution in [0.5, 0.6) is 0 Å². The van der Waals surface area contributed by atoms with Gasteiger partial charge in [-0.2, -0.15) is 0 Å². The molecule has 0 amide bonds. The number of aromatic nitrogens is 2. The summed E-state index contributed by atoms with van der Waals surface area (Å²) in [6.07, 6.45) is 2.21. The van der Waals surface area contributed by atoms with Crippen molar-refractivity contribution in [3.63, 3.8) is 0 Å². The number of imidazole rings is 1. The molecule has 0 N–H and O–H groups in total. The van der Waals surface area contributed by atoms with E-state index in [1.54, 1.807) is 0 Å². The maximum atomic E-state index is 4.42. The molecule has 0 radical (unpaired) electrons. The van der Waals surface area contributed by atoms with E-state index in [2.05, 4.69) is 32.4 Å². The first-order chi connectivity index (χ1) is 5.16. The molecule has 1 aromatic rings. The molecule has 2 nitrogen and oxygen atoms in total. The van der Waals surface area contributed by atoms with E-state index in [9.17, 15) is 0 Å². The van der Waals surface area contributed by atoms with Crippen LogP contribution in [0.1, 0.15) is 24.9 Å². The summed E-state index contributed by atoms with van der Waals surface area (Å²) in [5.74, 6) is 1.07. The number of halogens is 1. The van der Waals surface area contributed by atoms with E-state index in [4.69, 9.17) is 0 Å². The van der Waals surface area contributed by atoms with Crippen LogP contribution in [0.15, 0.2) is 4.60 Å². The molecule has 0 fully saturated rings. The van der Waals surface area contributed by atoms with Crippen molar-refractivity contribution in [1.82, 2.24) is 9.55 Å². The minimum atomic E-state index is 1.06. The van der Waals surface area contributed by atoms with Crippen LogP contribution in [-0.4, -0.2) is 9.55 Å². The van der Waals surface area contributed by atoms with Crippen LogP contribution in [0.4, 0.5) is 0 Å². The highest BCUT2D eigenvalue weighted by atomic mass is 79.9. The van der Waals surface area contributed by atoms with Crippen LogP contribution in [-0.2, 0) is 13.5 Å². The van der Waals surface area contributed by atoms with Crippen LogP contribution >= 0.6 is 15.9 Å². The van der Waals surface area contributed by atoms with Gasteiger partial charge in [0.2, 0.25) is 0 Å². The largest absolute Gasteiger partial charge is 0.326 e. The van der Waals surface area contributed by atoms with Crippen molar-refractivity contribution < 1.29 is 0 Å². The Morgan fingerprint density at radius 2 is 2.18 bits per heavy atom. The summed E-state index contributed by atoms with van der Waals surface area (Å²) >= 11 is 3.50. The van der Waals surface area contributed by atoms with Crippen LogP contribution in [0.25, 0.3) is 0 Å². The molecular formula is C8H13BrN2. The Morgan fingerprint density at radius 3 is 2.55 bits per heavy atom. The predicted octanol–water partition coefficient (Wildman–Crippen LogP) is 2.44. The second kappa shape index (κ2) is 3.39. The molecule has 62 valence electrons. The molecule has 0 saturated carbocycles. The van der Waals surface area contributed by atoms with Gasteiger partial charge in [0.1, 0.15) is 10.4 Å². The molecule has 1 rings (SSSR count). The lowest BCUT2D eigenvalue weighted by Crippen LogP contribution is -1.90. The average Bonchev–Trinajstić information content (AvgIpc) is 2.19. The first-order valence-electron chi connectivity index (χ1n) is 3.84. The van der Waals surface area contributed by atoms with Crippen LogP contribution in [0.2, 0.25) is 0 Å². The van der Waals surface area contributed by atoms with E-state index in [1.807, 2.05) is 14.0 Å². The van der Waals surface area contributed by atoms with Gasteiger partial charge in [0, 0.05) is 7.05 Å². The zero-order valence-corrected chi connectivity index (χ0v) is 8.77. The smallest absolute Gasteiger partial charge is 0.108 e. The molecule has 0 bridgehead atoms. The quantitative estimate of drug-likeness (QED) is 0.743. The van der Waals surface area contributed by atoms with E-state index in [0.29, 0.717) is 0 Å². The van der Waals surface area contributed by atoms with Gasteiger partial charge in [0.25, 0.3) is 0 Å². The molecule has 0 saturated heterocycles. The van der Waals surface area contributed by atoms with Crippen molar-refractivity contribution in [3.05, 3.63) is 16.1 Å². The minimum Gasteiger partial charge on any atom is -0.326 e. The maximum absolute atomic E-state index is 4.42. The number of hydrogen-bond acceptors (Lipinski definition) is 1. The molecule has 0 atom stereocenters. The van der Waals surface area contributed by atoms with Crippen molar-refractivity contribution in [1.29, 1.82) is 0 Å². The first-order valence-corrected chi connectivity index (χ1v) is 4.63. The number of aryl methyl sites for hydroxylation is 2. The highest BCUT2D eigenvalue weighted by molar-refractivity contribution is 9.10. The SMILES string of the molecule is CCCc1nc(C)n(C)c1Br. The number of nitrogens with zero attached hydrogens (tertiary/aromatic N) is 2. The lowest BCUT2D eigenvalue weighted by atomic mass is 10.3. The Balaban J connectivity index is 2.98. The van der Waals surface area contributed by atoms with Gasteiger partial charge in [-0.3, -0.25) is 0 Å². The third kappa shape index (κ3) is 1.64. The van der Waals surface area contributed by atoms with Gasteiger partial charge in [-0.25, -0.2) is 4.98 Å². The Morgan fingerprint density at radius 1 is 1.55 bits per heavy atom. The molecule has 1 heterocycles. The monoisotopic (exact) mass is 216 g/mol. The molecule has 0 aliphatic rings. The summed E-state index contributed by atoms with van der Waals surface area (Å²) in [6, 6.07) is 0. The topological polar surface area (TPSA) is 17.8 Å². The summed E-state index contributed by atoms with van der Waals surface area (Å²) in [5.41, 5.74) is 1.17. The summed E-state index contributed by atoms with van der Waals surface area (Å²) < 4.78 is 3.18. The standard InChI is InChI=1S/C8H13BrN2/c1-4-5-7-8(9)11(3)6(2)10-7/h4-5H2,1-3H3. The molecule has 3 heteroatoms. The van der Waals surface area contributed by atoms with Crippen LogP contribution in [0, 0.1) is 6.92 Å². The van der Waals surface area contributed by atoms with Crippen molar-refractivity contribution >= 4 is 15.9 Å². The van der Waals surface area contributed by atoms with Gasteiger partial charge in [-0.1, -0.05) is 13.3 Å². The lowest BCUT2D eigenvalue weighted by Gasteiger charge is -1.95. The van der Waals surface area contributed by atoms with Crippen molar-refractivity contribution in [2.24, 2.45) is 7.05 Å². The average molecular weight is 217 g/mol. The van der Waals surface area contributed by atoms with Crippen molar-refractivity contribution in [2.75, 3.05) is 0 Å². The van der Waals surface area contributed by atoms with Crippen LogP contribution in [0.3, 0.4) is 0 Å². The van der Waals surface area contributed by atoms with E-state index in [1.165, 1.54) is 5.69 Å². The highest BCUT2D eigenvalue weighted by Crippen LogP contribution is 2.17. The molecule has 0 unspecified atom stereocenters. The Kier molecular flexibility index (Phi) is 2.71. The fraction of sp³-hybridized carbons (Fsp3) is 0.625. The molecule has 11 heavy (non-hydrogen) atoms. The Hall–Kier alpha value is -0.310. The van der Waals surface area contributed by atoms with Gasteiger partial charge in [0.05, 0.1) is 5.69 Å². The van der Waals surface area contributed by atoms with Gasteiger partial charge in [0.15, 0.2) is 0 Å². The fourth-order valence-corrected chi connectivity index (χ4v) is 1.59. The van der Waals surface area contributed by atoms with E-state index in [0.717, 1.165) is 23.3 Å². The summed E-state index contributed by atoms with van der Waals surface area (Å²) in [7, 11) is 2.02. The summed E-state index contributed by atoms with van der Waals surface area (Å²) in [5, 5.41) is 0. The predicted molar refractivity (Wildman–Crippen MR) is 49.6 cm³/mol. The summed E-state index contributed by atoms with van der Waals surface area (Å²) in [6.45, 7) is 4.18. The zero-order valence-electron chi connectivity index (χ0n) is 7.19. The molecular weight excluding hydrogens is 204 g/mol. The third-order valence-electron chi connectivity index (χ3n) is 1.80. The molecule has 1 aromatic heterocycles. The molecule has 0 aromatic carbocycles. The lowest BCUT2D eigenvalue weighted by molar-refractivity contribution is 0.837. The zero-order chi connectivity index (χ0) is 8.43. The van der Waals surface area contributed by atoms with Crippen LogP contribution < -0.4 is 0 Å². The Labute approximate surface area is 75.8 Å². The third-order valence-corrected chi connectivity index (χ3v) is 2.79. The van der Waals surface area contributed by atoms with E-state index in [-0.39, 0.29) is 0 Å². The van der Waals surface area contributed by atoms with Crippen molar-refractivity contribution in [3.8, 4) is 0 Å². The van der Waals surface area contributed by atoms with Gasteiger partial charge >= 0.3 is 0 Å². The second-order valence-electron chi connectivity index (χ2n) is 2.71.